The molecule has 4 rings (SSSR count). The van der Waals surface area contributed by atoms with Gasteiger partial charge in [-0.15, -0.1) is 0 Å². The Labute approximate surface area is 129 Å². The number of allylic oxidation sites excluding steroid dienone is 2. The van der Waals surface area contributed by atoms with Crippen molar-refractivity contribution in [2.75, 3.05) is 0 Å². The standard InChI is InChI=1S/C19H24Se/c1-3-9-15(10-4-1)19(17-13-7-8-14-18(17)19)20-16-11-5-2-6-12-16/h2,5-6,9,11-12,17-18H,1,3-4,7-8,10,13-14H2/t17-,18+,19?. The minimum atomic E-state index is 0.644. The van der Waals surface area contributed by atoms with Crippen LogP contribution in [0, 0.1) is 11.8 Å². The Bertz CT molecular complexity index is 490. The molecule has 3 atom stereocenters. The molecule has 1 aromatic carbocycles. The summed E-state index contributed by atoms with van der Waals surface area (Å²) < 4.78 is 2.27. The van der Waals surface area contributed by atoms with E-state index in [0.717, 1.165) is 11.8 Å². The third-order valence-electron chi connectivity index (χ3n) is 5.58. The molecule has 0 heterocycles. The Morgan fingerprint density at radius 2 is 1.65 bits per heavy atom. The molecule has 0 radical (unpaired) electrons. The average molecular weight is 331 g/mol. The van der Waals surface area contributed by atoms with Gasteiger partial charge in [0, 0.05) is 0 Å². The summed E-state index contributed by atoms with van der Waals surface area (Å²) in [5, 5.41) is 0. The van der Waals surface area contributed by atoms with Gasteiger partial charge in [0.05, 0.1) is 0 Å². The second-order valence-corrected chi connectivity index (χ2v) is 9.52. The first-order chi connectivity index (χ1) is 9.91. The van der Waals surface area contributed by atoms with E-state index in [1.807, 2.05) is 5.57 Å². The third-order valence-corrected chi connectivity index (χ3v) is 9.18. The van der Waals surface area contributed by atoms with E-state index in [1.54, 1.807) is 4.46 Å². The van der Waals surface area contributed by atoms with Crippen molar-refractivity contribution >= 4 is 19.4 Å². The molecule has 106 valence electrons. The normalized spacial score (nSPS) is 36.1. The van der Waals surface area contributed by atoms with Crippen LogP contribution in [0.15, 0.2) is 42.0 Å². The fraction of sp³-hybridized carbons (Fsp3) is 0.579. The Balaban J connectivity index is 1.66. The number of fused-ring (bicyclic) bond motifs is 1. The van der Waals surface area contributed by atoms with Crippen LogP contribution in [0.5, 0.6) is 0 Å². The van der Waals surface area contributed by atoms with Crippen LogP contribution < -0.4 is 4.46 Å². The molecule has 1 heteroatoms. The number of rotatable bonds is 3. The van der Waals surface area contributed by atoms with Crippen LogP contribution in [-0.2, 0) is 0 Å². The van der Waals surface area contributed by atoms with Crippen LogP contribution >= 0.6 is 0 Å². The molecule has 0 N–H and O–H groups in total. The predicted octanol–water partition coefficient (Wildman–Crippen LogP) is 4.50. The summed E-state index contributed by atoms with van der Waals surface area (Å²) in [6.07, 6.45) is 14.3. The van der Waals surface area contributed by atoms with Crippen LogP contribution in [0.3, 0.4) is 0 Å². The summed E-state index contributed by atoms with van der Waals surface area (Å²) in [5.41, 5.74) is 1.88. The molecule has 0 spiro atoms. The molecule has 0 aliphatic heterocycles. The first-order valence-corrected chi connectivity index (χ1v) is 10.1. The Morgan fingerprint density at radius 1 is 0.900 bits per heavy atom. The second-order valence-electron chi connectivity index (χ2n) is 6.68. The van der Waals surface area contributed by atoms with Crippen LogP contribution in [-0.4, -0.2) is 15.0 Å². The molecule has 0 nitrogen and oxygen atoms in total. The Morgan fingerprint density at radius 3 is 2.30 bits per heavy atom. The van der Waals surface area contributed by atoms with E-state index in [1.165, 1.54) is 51.4 Å². The Kier molecular flexibility index (Phi) is 3.52. The first-order valence-electron chi connectivity index (χ1n) is 8.35. The zero-order chi connectivity index (χ0) is 13.4. The first kappa shape index (κ1) is 13.2. The molecule has 3 aliphatic carbocycles. The van der Waals surface area contributed by atoms with E-state index in [2.05, 4.69) is 36.4 Å². The van der Waals surface area contributed by atoms with Gasteiger partial charge in [-0.3, -0.25) is 0 Å². The molecule has 0 aromatic heterocycles. The van der Waals surface area contributed by atoms with Gasteiger partial charge in [0.1, 0.15) is 0 Å². The minimum absolute atomic E-state index is 0.644. The molecule has 0 bridgehead atoms. The van der Waals surface area contributed by atoms with E-state index >= 15 is 0 Å². The van der Waals surface area contributed by atoms with E-state index in [4.69, 9.17) is 0 Å². The summed E-state index contributed by atoms with van der Waals surface area (Å²) in [6, 6.07) is 11.4. The van der Waals surface area contributed by atoms with Crippen molar-refractivity contribution in [1.82, 2.24) is 0 Å². The van der Waals surface area contributed by atoms with Crippen LogP contribution in [0.2, 0.25) is 4.31 Å². The topological polar surface area (TPSA) is 0 Å². The SMILES string of the molecule is C1=C(C2([Se]c3ccccc3)[C@@H]3CCCC[C@@H]32)CCCC1. The van der Waals surface area contributed by atoms with E-state index in [0.29, 0.717) is 19.3 Å². The predicted molar refractivity (Wildman–Crippen MR) is 86.5 cm³/mol. The van der Waals surface area contributed by atoms with Gasteiger partial charge in [0.25, 0.3) is 0 Å². The molecule has 20 heavy (non-hydrogen) atoms. The van der Waals surface area contributed by atoms with Crippen LogP contribution in [0.25, 0.3) is 0 Å². The van der Waals surface area contributed by atoms with Gasteiger partial charge in [-0.25, -0.2) is 0 Å². The van der Waals surface area contributed by atoms with Gasteiger partial charge in [-0.2, -0.15) is 0 Å². The zero-order valence-electron chi connectivity index (χ0n) is 12.2. The van der Waals surface area contributed by atoms with Gasteiger partial charge in [-0.1, -0.05) is 0 Å². The maximum absolute atomic E-state index is 2.65. The molecule has 0 amide bonds. The molecular formula is C19H24Se. The number of benzene rings is 1. The van der Waals surface area contributed by atoms with Crippen molar-refractivity contribution in [2.45, 2.75) is 55.7 Å². The quantitative estimate of drug-likeness (QED) is 0.565. The van der Waals surface area contributed by atoms with Crippen molar-refractivity contribution in [3.8, 4) is 0 Å². The van der Waals surface area contributed by atoms with Gasteiger partial charge in [-0.05, 0) is 0 Å². The molecular weight excluding hydrogens is 307 g/mol. The fourth-order valence-corrected chi connectivity index (χ4v) is 8.41. The monoisotopic (exact) mass is 332 g/mol. The van der Waals surface area contributed by atoms with E-state index in [-0.39, 0.29) is 0 Å². The van der Waals surface area contributed by atoms with Gasteiger partial charge in [0.15, 0.2) is 0 Å². The van der Waals surface area contributed by atoms with Gasteiger partial charge in [0.2, 0.25) is 0 Å². The average Bonchev–Trinajstić information content (AvgIpc) is 3.18. The number of hydrogen-bond donors (Lipinski definition) is 0. The zero-order valence-corrected chi connectivity index (χ0v) is 13.9. The molecule has 1 aromatic rings. The second kappa shape index (κ2) is 5.35. The van der Waals surface area contributed by atoms with Crippen molar-refractivity contribution in [3.63, 3.8) is 0 Å². The fourth-order valence-electron chi connectivity index (χ4n) is 4.64. The van der Waals surface area contributed by atoms with Crippen LogP contribution in [0.1, 0.15) is 51.4 Å². The summed E-state index contributed by atoms with van der Waals surface area (Å²) in [6.45, 7) is 0. The van der Waals surface area contributed by atoms with Gasteiger partial charge < -0.3 is 0 Å². The summed E-state index contributed by atoms with van der Waals surface area (Å²) in [4.78, 5) is 0. The summed E-state index contributed by atoms with van der Waals surface area (Å²) >= 11 is 0.650. The third kappa shape index (κ3) is 2.11. The van der Waals surface area contributed by atoms with E-state index < -0.39 is 0 Å². The number of hydrogen-bond acceptors (Lipinski definition) is 0. The van der Waals surface area contributed by atoms with Crippen molar-refractivity contribution < 1.29 is 0 Å². The summed E-state index contributed by atoms with van der Waals surface area (Å²) in [5.74, 6) is 2.08. The van der Waals surface area contributed by atoms with Crippen molar-refractivity contribution in [3.05, 3.63) is 42.0 Å². The molecule has 3 aliphatic rings. The van der Waals surface area contributed by atoms with Gasteiger partial charge >= 0.3 is 129 Å². The molecule has 2 saturated carbocycles. The molecule has 2 fully saturated rings. The summed E-state index contributed by atoms with van der Waals surface area (Å²) in [7, 11) is 0. The molecule has 1 unspecified atom stereocenters. The van der Waals surface area contributed by atoms with Crippen molar-refractivity contribution in [2.24, 2.45) is 11.8 Å². The Hall–Kier alpha value is -0.521. The van der Waals surface area contributed by atoms with Crippen LogP contribution in [0.4, 0.5) is 0 Å². The van der Waals surface area contributed by atoms with Crippen molar-refractivity contribution in [1.29, 1.82) is 0 Å². The van der Waals surface area contributed by atoms with E-state index in [9.17, 15) is 0 Å². The maximum atomic E-state index is 2.65. The molecule has 0 saturated heterocycles.